The maximum absolute atomic E-state index is 11.5. The number of amides is 2. The lowest BCUT2D eigenvalue weighted by Crippen LogP contribution is -2.88. The molecule has 20 heavy (non-hydrogen) atoms. The second kappa shape index (κ2) is 10.3. The summed E-state index contributed by atoms with van der Waals surface area (Å²) < 4.78 is 0. The average Bonchev–Trinajstić information content (AvgIpc) is 2.47. The summed E-state index contributed by atoms with van der Waals surface area (Å²) in [6.07, 6.45) is 0. The second-order valence-electron chi connectivity index (χ2n) is 4.26. The summed E-state index contributed by atoms with van der Waals surface area (Å²) in [5, 5.41) is 7.03. The molecule has 5 nitrogen and oxygen atoms in total. The van der Waals surface area contributed by atoms with Gasteiger partial charge in [0, 0.05) is 25.1 Å². The molecule has 0 aliphatic heterocycles. The summed E-state index contributed by atoms with van der Waals surface area (Å²) in [4.78, 5) is 22.4. The predicted molar refractivity (Wildman–Crippen MR) is 81.3 cm³/mol. The molecule has 0 atom stereocenters. The van der Waals surface area contributed by atoms with E-state index in [2.05, 4.69) is 22.8 Å². The lowest BCUT2D eigenvalue weighted by molar-refractivity contribution is -0.633. The molecule has 0 unspecified atom stereocenters. The van der Waals surface area contributed by atoms with Crippen molar-refractivity contribution in [2.45, 2.75) is 5.75 Å². The molecule has 0 heterocycles. The zero-order chi connectivity index (χ0) is 14.6. The van der Waals surface area contributed by atoms with Crippen LogP contribution in [0, 0.1) is 0 Å². The zero-order valence-electron chi connectivity index (χ0n) is 11.7. The van der Waals surface area contributed by atoms with Crippen molar-refractivity contribution < 1.29 is 14.9 Å². The van der Waals surface area contributed by atoms with Crippen LogP contribution in [0.4, 0.5) is 0 Å². The first kappa shape index (κ1) is 16.5. The molecule has 1 aromatic carbocycles. The van der Waals surface area contributed by atoms with E-state index >= 15 is 0 Å². The number of rotatable bonds is 9. The molecule has 0 radical (unpaired) electrons. The molecule has 0 saturated carbocycles. The average molecular weight is 296 g/mol. The van der Waals surface area contributed by atoms with Gasteiger partial charge in [-0.2, -0.15) is 11.8 Å². The van der Waals surface area contributed by atoms with Crippen molar-refractivity contribution in [3.05, 3.63) is 35.9 Å². The van der Waals surface area contributed by atoms with Crippen molar-refractivity contribution in [1.82, 2.24) is 10.6 Å². The quantitative estimate of drug-likeness (QED) is 0.530. The van der Waals surface area contributed by atoms with Gasteiger partial charge in [0.25, 0.3) is 11.8 Å². The van der Waals surface area contributed by atoms with Crippen molar-refractivity contribution in [2.24, 2.45) is 0 Å². The van der Waals surface area contributed by atoms with E-state index < -0.39 is 0 Å². The lowest BCUT2D eigenvalue weighted by Gasteiger charge is -2.05. The van der Waals surface area contributed by atoms with Crippen molar-refractivity contribution in [3.63, 3.8) is 0 Å². The number of carbonyl (C=O) groups is 2. The Balaban J connectivity index is 1.98. The van der Waals surface area contributed by atoms with Gasteiger partial charge in [0.15, 0.2) is 13.1 Å². The molecular formula is C14H22N3O2S+. The van der Waals surface area contributed by atoms with Crippen LogP contribution in [-0.4, -0.2) is 44.2 Å². The monoisotopic (exact) mass is 296 g/mol. The van der Waals surface area contributed by atoms with Gasteiger partial charge in [0.1, 0.15) is 0 Å². The molecule has 0 fully saturated rings. The van der Waals surface area contributed by atoms with E-state index in [-0.39, 0.29) is 24.9 Å². The Hall–Kier alpha value is -1.53. The van der Waals surface area contributed by atoms with Crippen LogP contribution in [0.3, 0.4) is 0 Å². The third-order valence-electron chi connectivity index (χ3n) is 2.62. The summed E-state index contributed by atoms with van der Waals surface area (Å²) in [7, 11) is 1.58. The van der Waals surface area contributed by atoms with Gasteiger partial charge in [0.2, 0.25) is 0 Å². The normalized spacial score (nSPS) is 10.1. The Morgan fingerprint density at radius 2 is 1.85 bits per heavy atom. The Labute approximate surface area is 123 Å². The zero-order valence-corrected chi connectivity index (χ0v) is 12.5. The highest BCUT2D eigenvalue weighted by molar-refractivity contribution is 7.98. The van der Waals surface area contributed by atoms with Gasteiger partial charge in [-0.3, -0.25) is 9.59 Å². The van der Waals surface area contributed by atoms with Crippen LogP contribution < -0.4 is 16.0 Å². The topological polar surface area (TPSA) is 74.8 Å². The minimum Gasteiger partial charge on any atom is -0.354 e. The SMILES string of the molecule is CNC(=O)C[NH2+]CC(=O)NCCSCc1ccccc1. The molecule has 1 rings (SSSR count). The van der Waals surface area contributed by atoms with E-state index in [4.69, 9.17) is 0 Å². The minimum absolute atomic E-state index is 0.0331. The van der Waals surface area contributed by atoms with Crippen LogP contribution in [-0.2, 0) is 15.3 Å². The fourth-order valence-corrected chi connectivity index (χ4v) is 2.35. The van der Waals surface area contributed by atoms with Crippen LogP contribution in [0.5, 0.6) is 0 Å². The number of benzene rings is 1. The highest BCUT2D eigenvalue weighted by Crippen LogP contribution is 2.10. The summed E-state index contributed by atoms with van der Waals surface area (Å²) in [6, 6.07) is 10.3. The van der Waals surface area contributed by atoms with Crippen LogP contribution in [0.1, 0.15) is 5.56 Å². The number of hydrogen-bond donors (Lipinski definition) is 3. The lowest BCUT2D eigenvalue weighted by atomic mass is 10.2. The highest BCUT2D eigenvalue weighted by Gasteiger charge is 2.05. The molecule has 4 N–H and O–H groups in total. The van der Waals surface area contributed by atoms with Gasteiger partial charge in [-0.05, 0) is 5.56 Å². The standard InChI is InChI=1S/C14H21N3O2S/c1-15-13(18)9-16-10-14(19)17-7-8-20-11-12-5-3-2-4-6-12/h2-6,16H,7-11H2,1H3,(H,15,18)(H,17,19)/p+1. The maximum atomic E-state index is 11.5. The minimum atomic E-state index is -0.0729. The summed E-state index contributed by atoms with van der Waals surface area (Å²) in [5.41, 5.74) is 1.29. The molecule has 0 aliphatic carbocycles. The number of likely N-dealkylation sites (N-methyl/N-ethyl adjacent to an activating group) is 1. The summed E-state index contributed by atoms with van der Waals surface area (Å²) >= 11 is 1.79. The highest BCUT2D eigenvalue weighted by atomic mass is 32.2. The van der Waals surface area contributed by atoms with Gasteiger partial charge in [-0.25, -0.2) is 0 Å². The Morgan fingerprint density at radius 1 is 1.15 bits per heavy atom. The van der Waals surface area contributed by atoms with Gasteiger partial charge in [-0.15, -0.1) is 0 Å². The van der Waals surface area contributed by atoms with Crippen LogP contribution >= 0.6 is 11.8 Å². The number of nitrogens with one attached hydrogen (secondary N) is 2. The fraction of sp³-hybridized carbons (Fsp3) is 0.429. The van der Waals surface area contributed by atoms with Crippen molar-refractivity contribution in [2.75, 3.05) is 32.4 Å². The number of hydrogen-bond acceptors (Lipinski definition) is 3. The second-order valence-corrected chi connectivity index (χ2v) is 5.36. The van der Waals surface area contributed by atoms with Gasteiger partial charge >= 0.3 is 0 Å². The van der Waals surface area contributed by atoms with E-state index in [9.17, 15) is 9.59 Å². The number of nitrogens with two attached hydrogens (primary N) is 1. The number of carbonyl (C=O) groups excluding carboxylic acids is 2. The van der Waals surface area contributed by atoms with Crippen molar-refractivity contribution >= 4 is 23.6 Å². The van der Waals surface area contributed by atoms with Gasteiger partial charge in [0.05, 0.1) is 0 Å². The van der Waals surface area contributed by atoms with Crippen molar-refractivity contribution in [1.29, 1.82) is 0 Å². The number of thioether (sulfide) groups is 1. The molecule has 0 saturated heterocycles. The first-order valence-electron chi connectivity index (χ1n) is 6.63. The van der Waals surface area contributed by atoms with Crippen LogP contribution in [0.15, 0.2) is 30.3 Å². The summed E-state index contributed by atoms with van der Waals surface area (Å²) in [6.45, 7) is 1.23. The molecule has 0 spiro atoms. The van der Waals surface area contributed by atoms with Crippen molar-refractivity contribution in [3.8, 4) is 0 Å². The summed E-state index contributed by atoms with van der Waals surface area (Å²) in [5.74, 6) is 1.74. The third-order valence-corrected chi connectivity index (χ3v) is 3.65. The Bertz CT molecular complexity index is 412. The molecule has 1 aromatic rings. The predicted octanol–water partition coefficient (Wildman–Crippen LogP) is -0.655. The molecule has 0 bridgehead atoms. The van der Waals surface area contributed by atoms with E-state index in [1.165, 1.54) is 5.56 Å². The molecule has 6 heteroatoms. The first-order chi connectivity index (χ1) is 9.72. The van der Waals surface area contributed by atoms with E-state index in [1.807, 2.05) is 18.2 Å². The molecule has 110 valence electrons. The molecule has 0 aliphatic rings. The number of quaternary nitrogens is 1. The molecular weight excluding hydrogens is 274 g/mol. The van der Waals surface area contributed by atoms with Crippen LogP contribution in [0.2, 0.25) is 0 Å². The van der Waals surface area contributed by atoms with Gasteiger partial charge in [-0.1, -0.05) is 30.3 Å². The third kappa shape index (κ3) is 7.81. The van der Waals surface area contributed by atoms with E-state index in [0.717, 1.165) is 11.5 Å². The Kier molecular flexibility index (Phi) is 8.49. The first-order valence-corrected chi connectivity index (χ1v) is 7.78. The van der Waals surface area contributed by atoms with E-state index in [0.29, 0.717) is 6.54 Å². The smallest absolute Gasteiger partial charge is 0.275 e. The Morgan fingerprint density at radius 3 is 2.55 bits per heavy atom. The molecule has 0 aromatic heterocycles. The van der Waals surface area contributed by atoms with E-state index in [1.54, 1.807) is 24.1 Å². The largest absolute Gasteiger partial charge is 0.354 e. The van der Waals surface area contributed by atoms with Gasteiger partial charge < -0.3 is 16.0 Å². The van der Waals surface area contributed by atoms with Crippen LogP contribution in [0.25, 0.3) is 0 Å². The molecule has 2 amide bonds. The fourth-order valence-electron chi connectivity index (χ4n) is 1.54. The maximum Gasteiger partial charge on any atom is 0.275 e.